The van der Waals surface area contributed by atoms with E-state index >= 15 is 0 Å². The van der Waals surface area contributed by atoms with Crippen LogP contribution in [-0.2, 0) is 12.7 Å². The fourth-order valence-electron chi connectivity index (χ4n) is 1.33. The Labute approximate surface area is 109 Å². The molecule has 1 rings (SSSR count). The first kappa shape index (κ1) is 15.1. The second kappa shape index (κ2) is 6.26. The number of hydrogen-bond acceptors (Lipinski definition) is 1. The molecule has 0 fully saturated rings. The van der Waals surface area contributed by atoms with Gasteiger partial charge in [-0.3, -0.25) is 0 Å². The van der Waals surface area contributed by atoms with E-state index in [1.165, 1.54) is 12.1 Å². The number of halogens is 3. The van der Waals surface area contributed by atoms with E-state index in [-0.39, 0.29) is 6.54 Å². The third-order valence-corrected chi connectivity index (χ3v) is 2.42. The van der Waals surface area contributed by atoms with Crippen molar-refractivity contribution in [2.45, 2.75) is 26.1 Å². The van der Waals surface area contributed by atoms with Crippen molar-refractivity contribution in [3.8, 4) is 0 Å². The first-order valence-electron chi connectivity index (χ1n) is 5.71. The van der Waals surface area contributed by atoms with Crippen molar-refractivity contribution < 1.29 is 18.0 Å². The highest BCUT2D eigenvalue weighted by Gasteiger charge is 2.30. The second-order valence-corrected chi connectivity index (χ2v) is 3.96. The number of hydrogen-bond donors (Lipinski definition) is 2. The SMILES string of the molecule is C=C(CC)NC(=O)NCc1cccc(C(F)(F)F)c1. The van der Waals surface area contributed by atoms with Crippen LogP contribution >= 0.6 is 0 Å². The highest BCUT2D eigenvalue weighted by atomic mass is 19.4. The summed E-state index contributed by atoms with van der Waals surface area (Å²) in [6.45, 7) is 5.44. The van der Waals surface area contributed by atoms with Crippen molar-refractivity contribution in [1.29, 1.82) is 0 Å². The molecule has 0 saturated heterocycles. The Morgan fingerprint density at radius 3 is 2.63 bits per heavy atom. The van der Waals surface area contributed by atoms with Gasteiger partial charge in [-0.05, 0) is 24.1 Å². The van der Waals surface area contributed by atoms with Gasteiger partial charge in [0.2, 0.25) is 0 Å². The monoisotopic (exact) mass is 272 g/mol. The predicted molar refractivity (Wildman–Crippen MR) is 66.2 cm³/mol. The predicted octanol–water partition coefficient (Wildman–Crippen LogP) is 3.43. The average molecular weight is 272 g/mol. The zero-order valence-corrected chi connectivity index (χ0v) is 10.5. The number of carbonyl (C=O) groups is 1. The molecule has 0 aliphatic rings. The minimum absolute atomic E-state index is 0.0206. The minimum atomic E-state index is -4.38. The van der Waals surface area contributed by atoms with Crippen LogP contribution in [0.15, 0.2) is 36.5 Å². The lowest BCUT2D eigenvalue weighted by molar-refractivity contribution is -0.137. The normalized spacial score (nSPS) is 10.9. The van der Waals surface area contributed by atoms with Crippen LogP contribution in [0.25, 0.3) is 0 Å². The molecule has 1 aromatic carbocycles. The summed E-state index contributed by atoms with van der Waals surface area (Å²) in [7, 11) is 0. The molecule has 2 amide bonds. The van der Waals surface area contributed by atoms with E-state index in [0.29, 0.717) is 17.7 Å². The van der Waals surface area contributed by atoms with Crippen LogP contribution < -0.4 is 10.6 Å². The molecule has 3 nitrogen and oxygen atoms in total. The Balaban J connectivity index is 2.59. The first-order chi connectivity index (χ1) is 8.82. The number of rotatable bonds is 4. The second-order valence-electron chi connectivity index (χ2n) is 3.96. The van der Waals surface area contributed by atoms with E-state index in [1.807, 2.05) is 6.92 Å². The van der Waals surface area contributed by atoms with Crippen molar-refractivity contribution in [3.05, 3.63) is 47.7 Å². The van der Waals surface area contributed by atoms with Gasteiger partial charge in [-0.25, -0.2) is 4.79 Å². The summed E-state index contributed by atoms with van der Waals surface area (Å²) in [4.78, 5) is 11.4. The van der Waals surface area contributed by atoms with Gasteiger partial charge in [0.05, 0.1) is 5.56 Å². The molecule has 0 aliphatic carbocycles. The molecule has 0 saturated carbocycles. The Morgan fingerprint density at radius 2 is 2.05 bits per heavy atom. The fourth-order valence-corrected chi connectivity index (χ4v) is 1.33. The number of benzene rings is 1. The molecule has 0 bridgehead atoms. The Kier molecular flexibility index (Phi) is 4.97. The van der Waals surface area contributed by atoms with Crippen LogP contribution in [0.5, 0.6) is 0 Å². The maximum Gasteiger partial charge on any atom is 0.416 e. The van der Waals surface area contributed by atoms with Gasteiger partial charge in [0.1, 0.15) is 0 Å². The van der Waals surface area contributed by atoms with Crippen LogP contribution in [0.1, 0.15) is 24.5 Å². The lowest BCUT2D eigenvalue weighted by Crippen LogP contribution is -2.34. The third kappa shape index (κ3) is 5.03. The third-order valence-electron chi connectivity index (χ3n) is 2.42. The zero-order valence-electron chi connectivity index (χ0n) is 10.5. The molecule has 0 unspecified atom stereocenters. The molecule has 104 valence electrons. The summed E-state index contributed by atoms with van der Waals surface area (Å²) in [6, 6.07) is 4.34. The van der Waals surface area contributed by atoms with Crippen molar-refractivity contribution >= 4 is 6.03 Å². The Morgan fingerprint density at radius 1 is 1.37 bits per heavy atom. The smallest absolute Gasteiger partial charge is 0.334 e. The molecule has 1 aromatic rings. The highest BCUT2D eigenvalue weighted by Crippen LogP contribution is 2.29. The summed E-state index contributed by atoms with van der Waals surface area (Å²) in [5.41, 5.74) is 0.193. The lowest BCUT2D eigenvalue weighted by Gasteiger charge is -2.10. The van der Waals surface area contributed by atoms with Gasteiger partial charge in [-0.1, -0.05) is 25.6 Å². The maximum absolute atomic E-state index is 12.5. The van der Waals surface area contributed by atoms with Crippen LogP contribution in [-0.4, -0.2) is 6.03 Å². The number of allylic oxidation sites excluding steroid dienone is 1. The summed E-state index contributed by atoms with van der Waals surface area (Å²) in [5, 5.41) is 4.94. The molecule has 0 spiro atoms. The van der Waals surface area contributed by atoms with Crippen molar-refractivity contribution in [3.63, 3.8) is 0 Å². The number of carbonyl (C=O) groups excluding carboxylic acids is 1. The molecule has 0 aliphatic heterocycles. The van der Waals surface area contributed by atoms with E-state index in [9.17, 15) is 18.0 Å². The van der Waals surface area contributed by atoms with Gasteiger partial charge in [-0.2, -0.15) is 13.2 Å². The molecular formula is C13H15F3N2O. The number of urea groups is 1. The molecule has 6 heteroatoms. The lowest BCUT2D eigenvalue weighted by atomic mass is 10.1. The minimum Gasteiger partial charge on any atom is -0.334 e. The van der Waals surface area contributed by atoms with Crippen LogP contribution in [0.2, 0.25) is 0 Å². The zero-order chi connectivity index (χ0) is 14.5. The van der Waals surface area contributed by atoms with E-state index in [1.54, 1.807) is 0 Å². The highest BCUT2D eigenvalue weighted by molar-refractivity contribution is 5.75. The van der Waals surface area contributed by atoms with Crippen LogP contribution in [0.4, 0.5) is 18.0 Å². The van der Waals surface area contributed by atoms with Crippen LogP contribution in [0.3, 0.4) is 0 Å². The summed E-state index contributed by atoms with van der Waals surface area (Å²) < 4.78 is 37.4. The standard InChI is InChI=1S/C13H15F3N2O/c1-3-9(2)18-12(19)17-8-10-5-4-6-11(7-10)13(14,15)16/h4-7H,2-3,8H2,1H3,(H2,17,18,19). The van der Waals surface area contributed by atoms with Gasteiger partial charge < -0.3 is 10.6 Å². The van der Waals surface area contributed by atoms with Crippen molar-refractivity contribution in [2.75, 3.05) is 0 Å². The largest absolute Gasteiger partial charge is 0.416 e. The summed E-state index contributed by atoms with van der Waals surface area (Å²) >= 11 is 0. The number of alkyl halides is 3. The average Bonchev–Trinajstić information content (AvgIpc) is 2.35. The molecule has 19 heavy (non-hydrogen) atoms. The van der Waals surface area contributed by atoms with Crippen molar-refractivity contribution in [2.24, 2.45) is 0 Å². The molecule has 0 atom stereocenters. The fraction of sp³-hybridized carbons (Fsp3) is 0.308. The van der Waals surface area contributed by atoms with Gasteiger partial charge in [0.15, 0.2) is 0 Å². The molecule has 2 N–H and O–H groups in total. The van der Waals surface area contributed by atoms with Gasteiger partial charge in [0.25, 0.3) is 0 Å². The maximum atomic E-state index is 12.5. The van der Waals surface area contributed by atoms with E-state index in [2.05, 4.69) is 17.2 Å². The topological polar surface area (TPSA) is 41.1 Å². The van der Waals surface area contributed by atoms with Crippen molar-refractivity contribution in [1.82, 2.24) is 10.6 Å². The molecular weight excluding hydrogens is 257 g/mol. The number of amides is 2. The van der Waals surface area contributed by atoms with E-state index < -0.39 is 17.8 Å². The Bertz CT molecular complexity index is 469. The van der Waals surface area contributed by atoms with Gasteiger partial charge in [-0.15, -0.1) is 0 Å². The Hall–Kier alpha value is -1.98. The molecule has 0 radical (unpaired) electrons. The first-order valence-corrected chi connectivity index (χ1v) is 5.71. The summed E-state index contributed by atoms with van der Waals surface area (Å²) in [6.07, 6.45) is -3.79. The van der Waals surface area contributed by atoms with Gasteiger partial charge >= 0.3 is 12.2 Å². The van der Waals surface area contributed by atoms with Crippen LogP contribution in [0, 0.1) is 0 Å². The molecule has 0 aromatic heterocycles. The number of nitrogens with one attached hydrogen (secondary N) is 2. The summed E-state index contributed by atoms with van der Waals surface area (Å²) in [5.74, 6) is 0. The van der Waals surface area contributed by atoms with Gasteiger partial charge in [0, 0.05) is 12.2 Å². The molecule has 0 heterocycles. The quantitative estimate of drug-likeness (QED) is 0.866. The van der Waals surface area contributed by atoms with E-state index in [0.717, 1.165) is 12.1 Å². The van der Waals surface area contributed by atoms with E-state index in [4.69, 9.17) is 0 Å².